The van der Waals surface area contributed by atoms with Crippen LogP contribution in [0.1, 0.15) is 72.3 Å². The minimum Gasteiger partial charge on any atom is -0.341 e. The molecule has 0 bridgehead atoms. The number of hydrogen-bond donors (Lipinski definition) is 0. The number of rotatable bonds is 6. The number of amides is 1. The van der Waals surface area contributed by atoms with Gasteiger partial charge in [-0.25, -0.2) is 9.97 Å². The highest BCUT2D eigenvalue weighted by Gasteiger charge is 2.32. The maximum Gasteiger partial charge on any atom is 0.272 e. The number of piperidine rings is 1. The quantitative estimate of drug-likeness (QED) is 0.671. The minimum absolute atomic E-state index is 0.00319. The smallest absolute Gasteiger partial charge is 0.272 e. The number of aryl methyl sites for hydroxylation is 2. The molecule has 0 radical (unpaired) electrons. The fourth-order valence-corrected chi connectivity index (χ4v) is 5.51. The first-order valence-electron chi connectivity index (χ1n) is 12.7. The second-order valence-electron chi connectivity index (χ2n) is 9.74. The number of aromatic nitrogens is 2. The van der Waals surface area contributed by atoms with Crippen LogP contribution in [0, 0.1) is 5.92 Å². The lowest BCUT2D eigenvalue weighted by Gasteiger charge is -2.33. The van der Waals surface area contributed by atoms with Gasteiger partial charge >= 0.3 is 0 Å². The highest BCUT2D eigenvalue weighted by Crippen LogP contribution is 2.28. The Morgan fingerprint density at radius 2 is 1.70 bits per heavy atom. The van der Waals surface area contributed by atoms with Gasteiger partial charge in [-0.05, 0) is 63.4 Å². The average molecular weight is 447 g/mol. The third kappa shape index (κ3) is 4.94. The zero-order valence-electron chi connectivity index (χ0n) is 19.5. The number of Topliss-reactive ketones (excluding diaryl/α,β-unsaturated/α-hetero) is 1. The number of carbonyl (C=O) groups is 2. The van der Waals surface area contributed by atoms with E-state index in [4.69, 9.17) is 9.97 Å². The maximum absolute atomic E-state index is 13.7. The summed E-state index contributed by atoms with van der Waals surface area (Å²) in [6, 6.07) is 10.2. The number of likely N-dealkylation sites (tertiary alicyclic amines) is 1. The van der Waals surface area contributed by atoms with Crippen LogP contribution in [0.2, 0.25) is 0 Å². The van der Waals surface area contributed by atoms with Crippen LogP contribution >= 0.6 is 0 Å². The van der Waals surface area contributed by atoms with E-state index >= 15 is 0 Å². The molecule has 0 N–H and O–H groups in total. The van der Waals surface area contributed by atoms with Crippen molar-refractivity contribution in [3.63, 3.8) is 0 Å². The number of carbonyl (C=O) groups excluding carboxylic acids is 2. The number of benzene rings is 1. The number of nitrogens with zero attached hydrogens (tertiary/aromatic N) is 4. The summed E-state index contributed by atoms with van der Waals surface area (Å²) >= 11 is 0. The van der Waals surface area contributed by atoms with Gasteiger partial charge in [-0.2, -0.15) is 0 Å². The molecule has 2 aliphatic heterocycles. The van der Waals surface area contributed by atoms with Crippen molar-refractivity contribution >= 4 is 17.6 Å². The molecule has 3 aliphatic rings. The van der Waals surface area contributed by atoms with Gasteiger partial charge in [0.05, 0.1) is 0 Å². The van der Waals surface area contributed by atoms with E-state index in [0.717, 1.165) is 88.1 Å². The molecule has 2 saturated heterocycles. The Balaban J connectivity index is 1.31. The van der Waals surface area contributed by atoms with E-state index in [2.05, 4.69) is 17.0 Å². The Hall–Kier alpha value is -2.76. The van der Waals surface area contributed by atoms with Gasteiger partial charge in [-0.1, -0.05) is 30.3 Å². The van der Waals surface area contributed by atoms with Crippen molar-refractivity contribution in [1.82, 2.24) is 14.9 Å². The van der Waals surface area contributed by atoms with E-state index in [1.54, 1.807) is 0 Å². The lowest BCUT2D eigenvalue weighted by atomic mass is 9.89. The van der Waals surface area contributed by atoms with Crippen LogP contribution in [0.3, 0.4) is 0 Å². The first-order valence-corrected chi connectivity index (χ1v) is 12.7. The molecular formula is C27H34N4O2. The summed E-state index contributed by atoms with van der Waals surface area (Å²) in [5.74, 6) is 0.932. The first-order chi connectivity index (χ1) is 16.2. The largest absolute Gasteiger partial charge is 0.341 e. The average Bonchev–Trinajstić information content (AvgIpc) is 3.42. The highest BCUT2D eigenvalue weighted by molar-refractivity contribution is 5.95. The predicted octanol–water partition coefficient (Wildman–Crippen LogP) is 4.01. The van der Waals surface area contributed by atoms with Crippen LogP contribution in [0.25, 0.3) is 0 Å². The van der Waals surface area contributed by atoms with Gasteiger partial charge in [0, 0.05) is 49.8 Å². The van der Waals surface area contributed by atoms with E-state index in [9.17, 15) is 9.59 Å². The van der Waals surface area contributed by atoms with Crippen LogP contribution < -0.4 is 4.90 Å². The third-order valence-electron chi connectivity index (χ3n) is 7.43. The van der Waals surface area contributed by atoms with Crippen LogP contribution in [0.4, 0.5) is 5.95 Å². The Kier molecular flexibility index (Phi) is 6.70. The third-order valence-corrected chi connectivity index (χ3v) is 7.43. The molecule has 1 amide bonds. The number of anilines is 1. The second-order valence-corrected chi connectivity index (χ2v) is 9.74. The van der Waals surface area contributed by atoms with Gasteiger partial charge in [0.1, 0.15) is 11.5 Å². The molecule has 1 aromatic carbocycles. The van der Waals surface area contributed by atoms with Crippen molar-refractivity contribution in [3.05, 3.63) is 52.8 Å². The molecule has 1 aliphatic carbocycles. The van der Waals surface area contributed by atoms with Crippen molar-refractivity contribution in [2.45, 2.75) is 64.2 Å². The topological polar surface area (TPSA) is 66.4 Å². The fraction of sp³-hybridized carbons (Fsp3) is 0.556. The monoisotopic (exact) mass is 446 g/mol. The van der Waals surface area contributed by atoms with Gasteiger partial charge in [0.2, 0.25) is 5.95 Å². The molecule has 6 nitrogen and oxygen atoms in total. The van der Waals surface area contributed by atoms with Crippen LogP contribution in [-0.4, -0.2) is 52.7 Å². The predicted molar refractivity (Wildman–Crippen MR) is 129 cm³/mol. The van der Waals surface area contributed by atoms with Crippen molar-refractivity contribution < 1.29 is 9.59 Å². The Morgan fingerprint density at radius 3 is 2.52 bits per heavy atom. The summed E-state index contributed by atoms with van der Waals surface area (Å²) < 4.78 is 0. The standard InChI is InChI=1S/C27H34N4O2/c32-24(15-14-20-9-2-1-3-10-20)21-11-8-18-31(19-21)26(33)25-22-12-4-5-13-23(22)28-27(29-25)30-16-6-7-17-30/h1-3,9-10,21H,4-8,11-19H2. The summed E-state index contributed by atoms with van der Waals surface area (Å²) in [5.41, 5.74) is 3.90. The summed E-state index contributed by atoms with van der Waals surface area (Å²) in [7, 11) is 0. The Morgan fingerprint density at radius 1 is 0.909 bits per heavy atom. The fourth-order valence-electron chi connectivity index (χ4n) is 5.51. The summed E-state index contributed by atoms with van der Waals surface area (Å²) in [4.78, 5) is 40.5. The van der Waals surface area contributed by atoms with Gasteiger partial charge in [0.15, 0.2) is 0 Å². The molecule has 33 heavy (non-hydrogen) atoms. The van der Waals surface area contributed by atoms with Gasteiger partial charge < -0.3 is 9.80 Å². The SMILES string of the molecule is O=C(CCc1ccccc1)C1CCCN(C(=O)c2nc(N3CCCC3)nc3c2CCCC3)C1. The molecule has 1 aromatic heterocycles. The van der Waals surface area contributed by atoms with E-state index in [1.165, 1.54) is 5.56 Å². The zero-order valence-corrected chi connectivity index (χ0v) is 19.5. The molecule has 1 atom stereocenters. The van der Waals surface area contributed by atoms with E-state index in [-0.39, 0.29) is 17.6 Å². The summed E-state index contributed by atoms with van der Waals surface area (Å²) in [6.07, 6.45) is 9.38. The van der Waals surface area contributed by atoms with Crippen molar-refractivity contribution in [1.29, 1.82) is 0 Å². The maximum atomic E-state index is 13.7. The van der Waals surface area contributed by atoms with Crippen LogP contribution in [0.5, 0.6) is 0 Å². The molecule has 5 rings (SSSR count). The summed E-state index contributed by atoms with van der Waals surface area (Å²) in [6.45, 7) is 3.16. The lowest BCUT2D eigenvalue weighted by Crippen LogP contribution is -2.43. The van der Waals surface area contributed by atoms with Gasteiger partial charge in [-0.3, -0.25) is 9.59 Å². The second kappa shape index (κ2) is 10.0. The van der Waals surface area contributed by atoms with Gasteiger partial charge in [-0.15, -0.1) is 0 Å². The lowest BCUT2D eigenvalue weighted by molar-refractivity contribution is -0.124. The highest BCUT2D eigenvalue weighted by atomic mass is 16.2. The van der Waals surface area contributed by atoms with Crippen molar-refractivity contribution in [2.24, 2.45) is 5.92 Å². The van der Waals surface area contributed by atoms with Crippen molar-refractivity contribution in [3.8, 4) is 0 Å². The molecule has 174 valence electrons. The molecule has 3 heterocycles. The van der Waals surface area contributed by atoms with E-state index in [1.807, 2.05) is 23.1 Å². The number of hydrogen-bond acceptors (Lipinski definition) is 5. The van der Waals surface area contributed by atoms with Crippen LogP contribution in [-0.2, 0) is 24.1 Å². The molecule has 6 heteroatoms. The van der Waals surface area contributed by atoms with Gasteiger partial charge in [0.25, 0.3) is 5.91 Å². The minimum atomic E-state index is -0.0675. The molecule has 1 unspecified atom stereocenters. The molecule has 0 spiro atoms. The number of fused-ring (bicyclic) bond motifs is 1. The molecule has 2 aromatic rings. The van der Waals surface area contributed by atoms with Crippen LogP contribution in [0.15, 0.2) is 30.3 Å². The summed E-state index contributed by atoms with van der Waals surface area (Å²) in [5, 5.41) is 0. The molecular weight excluding hydrogens is 412 g/mol. The molecule has 2 fully saturated rings. The Bertz CT molecular complexity index is 1000. The van der Waals surface area contributed by atoms with E-state index < -0.39 is 0 Å². The molecule has 0 saturated carbocycles. The number of ketones is 1. The normalized spacial score (nSPS) is 20.5. The first kappa shape index (κ1) is 22.1. The zero-order chi connectivity index (χ0) is 22.6. The Labute approximate surface area is 196 Å². The van der Waals surface area contributed by atoms with E-state index in [0.29, 0.717) is 25.2 Å². The van der Waals surface area contributed by atoms with Crippen molar-refractivity contribution in [2.75, 3.05) is 31.1 Å².